The van der Waals surface area contributed by atoms with Crippen molar-refractivity contribution in [1.29, 1.82) is 0 Å². The summed E-state index contributed by atoms with van der Waals surface area (Å²) in [6.45, 7) is 4.67. The third-order valence-electron chi connectivity index (χ3n) is 3.56. The highest BCUT2D eigenvalue weighted by molar-refractivity contribution is 5.21. The SMILES string of the molecule is CCNC(Cc1c(F)cccc1F)Cc1cc(C)nn1C. The van der Waals surface area contributed by atoms with Crippen LogP contribution in [0.25, 0.3) is 0 Å². The number of aromatic nitrogens is 2. The van der Waals surface area contributed by atoms with E-state index in [4.69, 9.17) is 0 Å². The molecule has 0 fully saturated rings. The molecule has 0 radical (unpaired) electrons. The second-order valence-electron chi connectivity index (χ2n) is 5.26. The Morgan fingerprint density at radius 1 is 1.24 bits per heavy atom. The zero-order valence-electron chi connectivity index (χ0n) is 12.7. The molecule has 0 aliphatic rings. The average Bonchev–Trinajstić information content (AvgIpc) is 2.72. The van der Waals surface area contributed by atoms with E-state index in [2.05, 4.69) is 10.4 Å². The molecule has 2 aromatic rings. The number of nitrogens with one attached hydrogen (secondary N) is 1. The van der Waals surface area contributed by atoms with Crippen LogP contribution in [0, 0.1) is 18.6 Å². The van der Waals surface area contributed by atoms with Crippen LogP contribution in [0.3, 0.4) is 0 Å². The molecule has 0 spiro atoms. The van der Waals surface area contributed by atoms with E-state index in [0.717, 1.165) is 17.9 Å². The summed E-state index contributed by atoms with van der Waals surface area (Å²) in [7, 11) is 1.88. The van der Waals surface area contributed by atoms with Crippen molar-refractivity contribution in [2.75, 3.05) is 6.54 Å². The van der Waals surface area contributed by atoms with Gasteiger partial charge < -0.3 is 5.32 Å². The van der Waals surface area contributed by atoms with Gasteiger partial charge in [0.1, 0.15) is 11.6 Å². The highest BCUT2D eigenvalue weighted by Crippen LogP contribution is 2.16. The van der Waals surface area contributed by atoms with Crippen LogP contribution in [0.2, 0.25) is 0 Å². The van der Waals surface area contributed by atoms with Gasteiger partial charge in [-0.05, 0) is 38.1 Å². The van der Waals surface area contributed by atoms with Gasteiger partial charge in [0, 0.05) is 30.8 Å². The molecule has 3 nitrogen and oxygen atoms in total. The van der Waals surface area contributed by atoms with Crippen molar-refractivity contribution in [3.05, 3.63) is 52.9 Å². The van der Waals surface area contributed by atoms with Gasteiger partial charge in [0.15, 0.2) is 0 Å². The number of hydrogen-bond acceptors (Lipinski definition) is 2. The zero-order valence-corrected chi connectivity index (χ0v) is 12.7. The summed E-state index contributed by atoms with van der Waals surface area (Å²) in [5.41, 5.74) is 2.14. The van der Waals surface area contributed by atoms with Crippen LogP contribution < -0.4 is 5.32 Å². The molecule has 0 amide bonds. The minimum absolute atomic E-state index is 0.0313. The first-order chi connectivity index (χ1) is 10.0. The first kappa shape index (κ1) is 15.6. The number of hydrogen-bond donors (Lipinski definition) is 1. The largest absolute Gasteiger partial charge is 0.314 e. The van der Waals surface area contributed by atoms with Gasteiger partial charge in [0.05, 0.1) is 5.69 Å². The summed E-state index contributed by atoms with van der Waals surface area (Å²) in [4.78, 5) is 0. The molecule has 0 saturated carbocycles. The number of halogens is 2. The molecule has 1 aromatic heterocycles. The van der Waals surface area contributed by atoms with E-state index in [-0.39, 0.29) is 11.6 Å². The van der Waals surface area contributed by atoms with Gasteiger partial charge in [-0.2, -0.15) is 5.10 Å². The van der Waals surface area contributed by atoms with Gasteiger partial charge in [-0.1, -0.05) is 13.0 Å². The monoisotopic (exact) mass is 293 g/mol. The topological polar surface area (TPSA) is 29.9 Å². The highest BCUT2D eigenvalue weighted by Gasteiger charge is 2.17. The molecular formula is C16H21F2N3. The molecule has 21 heavy (non-hydrogen) atoms. The molecule has 1 N–H and O–H groups in total. The van der Waals surface area contributed by atoms with E-state index in [9.17, 15) is 8.78 Å². The standard InChI is InChI=1S/C16H21F2N3/c1-4-19-12(9-13-8-11(2)20-21(13)3)10-14-15(17)6-5-7-16(14)18/h5-8,12,19H,4,9-10H2,1-3H3. The number of likely N-dealkylation sites (N-methyl/N-ethyl adjacent to an activating group) is 1. The van der Waals surface area contributed by atoms with E-state index >= 15 is 0 Å². The van der Waals surface area contributed by atoms with Gasteiger partial charge in [0.25, 0.3) is 0 Å². The van der Waals surface area contributed by atoms with Crippen LogP contribution in [0.5, 0.6) is 0 Å². The van der Waals surface area contributed by atoms with Crippen molar-refractivity contribution in [3.63, 3.8) is 0 Å². The molecule has 0 aliphatic heterocycles. The Morgan fingerprint density at radius 2 is 1.90 bits per heavy atom. The molecule has 2 rings (SSSR count). The van der Waals surface area contributed by atoms with Crippen molar-refractivity contribution in [1.82, 2.24) is 15.1 Å². The molecule has 1 atom stereocenters. The fourth-order valence-electron chi connectivity index (χ4n) is 2.59. The van der Waals surface area contributed by atoms with Crippen LogP contribution in [0.15, 0.2) is 24.3 Å². The predicted molar refractivity (Wildman–Crippen MR) is 79.2 cm³/mol. The lowest BCUT2D eigenvalue weighted by atomic mass is 10.0. The fraction of sp³-hybridized carbons (Fsp3) is 0.438. The van der Waals surface area contributed by atoms with Crippen LogP contribution in [0.1, 0.15) is 23.9 Å². The van der Waals surface area contributed by atoms with E-state index in [0.29, 0.717) is 12.8 Å². The lowest BCUT2D eigenvalue weighted by Gasteiger charge is -2.18. The molecule has 1 aromatic carbocycles. The molecular weight excluding hydrogens is 272 g/mol. The maximum atomic E-state index is 13.8. The summed E-state index contributed by atoms with van der Waals surface area (Å²) in [5, 5.41) is 7.60. The van der Waals surface area contributed by atoms with Crippen molar-refractivity contribution in [3.8, 4) is 0 Å². The van der Waals surface area contributed by atoms with Gasteiger partial charge in [-0.3, -0.25) is 4.68 Å². The van der Waals surface area contributed by atoms with Crippen molar-refractivity contribution < 1.29 is 8.78 Å². The summed E-state index contributed by atoms with van der Waals surface area (Å²) in [6.07, 6.45) is 0.996. The quantitative estimate of drug-likeness (QED) is 0.887. The van der Waals surface area contributed by atoms with Crippen LogP contribution in [-0.2, 0) is 19.9 Å². The minimum atomic E-state index is -0.487. The normalized spacial score (nSPS) is 12.6. The molecule has 0 saturated heterocycles. The average molecular weight is 293 g/mol. The number of aryl methyl sites for hydroxylation is 2. The molecule has 1 unspecified atom stereocenters. The number of benzene rings is 1. The Kier molecular flexibility index (Phi) is 5.07. The Bertz CT molecular complexity index is 587. The lowest BCUT2D eigenvalue weighted by Crippen LogP contribution is -2.34. The highest BCUT2D eigenvalue weighted by atomic mass is 19.1. The number of rotatable bonds is 6. The van der Waals surface area contributed by atoms with Gasteiger partial charge >= 0.3 is 0 Å². The van der Waals surface area contributed by atoms with Crippen LogP contribution in [-0.4, -0.2) is 22.4 Å². The summed E-state index contributed by atoms with van der Waals surface area (Å²) in [6, 6.07) is 5.96. The van der Waals surface area contributed by atoms with Crippen LogP contribution >= 0.6 is 0 Å². The lowest BCUT2D eigenvalue weighted by molar-refractivity contribution is 0.474. The van der Waals surface area contributed by atoms with Gasteiger partial charge in [-0.25, -0.2) is 8.78 Å². The van der Waals surface area contributed by atoms with Gasteiger partial charge in [-0.15, -0.1) is 0 Å². The molecule has 5 heteroatoms. The zero-order chi connectivity index (χ0) is 15.4. The smallest absolute Gasteiger partial charge is 0.129 e. The second-order valence-corrected chi connectivity index (χ2v) is 5.26. The minimum Gasteiger partial charge on any atom is -0.314 e. The van der Waals surface area contributed by atoms with E-state index in [1.54, 1.807) is 0 Å². The third-order valence-corrected chi connectivity index (χ3v) is 3.56. The van der Waals surface area contributed by atoms with Crippen molar-refractivity contribution in [2.45, 2.75) is 32.7 Å². The summed E-state index contributed by atoms with van der Waals surface area (Å²) in [5.74, 6) is -0.974. The molecule has 1 heterocycles. The maximum absolute atomic E-state index is 13.8. The molecule has 0 aliphatic carbocycles. The van der Waals surface area contributed by atoms with Crippen LogP contribution in [0.4, 0.5) is 8.78 Å². The van der Waals surface area contributed by atoms with Crippen molar-refractivity contribution >= 4 is 0 Å². The second kappa shape index (κ2) is 6.80. The fourth-order valence-corrected chi connectivity index (χ4v) is 2.59. The van der Waals surface area contributed by atoms with Gasteiger partial charge in [0.2, 0.25) is 0 Å². The maximum Gasteiger partial charge on any atom is 0.129 e. The third kappa shape index (κ3) is 3.88. The van der Waals surface area contributed by atoms with E-state index in [1.165, 1.54) is 18.2 Å². The van der Waals surface area contributed by atoms with E-state index in [1.807, 2.05) is 31.6 Å². The molecule has 114 valence electrons. The Morgan fingerprint density at radius 3 is 2.43 bits per heavy atom. The number of nitrogens with zero attached hydrogens (tertiary/aromatic N) is 2. The Balaban J connectivity index is 2.17. The first-order valence-corrected chi connectivity index (χ1v) is 7.17. The van der Waals surface area contributed by atoms with E-state index < -0.39 is 11.6 Å². The van der Waals surface area contributed by atoms with Crippen molar-refractivity contribution in [2.24, 2.45) is 7.05 Å². The first-order valence-electron chi connectivity index (χ1n) is 7.17. The Hall–Kier alpha value is -1.75. The Labute approximate surface area is 124 Å². The summed E-state index contributed by atoms with van der Waals surface area (Å²) < 4.78 is 29.4. The predicted octanol–water partition coefficient (Wildman–Crippen LogP) is 2.77. The molecule has 0 bridgehead atoms. The summed E-state index contributed by atoms with van der Waals surface area (Å²) >= 11 is 0.